The molecule has 0 heterocycles. The zero-order valence-electron chi connectivity index (χ0n) is 12.4. The first-order chi connectivity index (χ1) is 10.3. The monoisotopic (exact) mass is 343 g/mol. The summed E-state index contributed by atoms with van der Waals surface area (Å²) in [6.45, 7) is 3.31. The third kappa shape index (κ3) is 3.56. The zero-order chi connectivity index (χ0) is 14.7. The SMILES string of the molecule is CCCNC(c1cccc(Br)c1)C1CC1c1ccccc1. The Kier molecular flexibility index (Phi) is 4.77. The molecule has 1 aliphatic carbocycles. The smallest absolute Gasteiger partial charge is 0.0355 e. The molecular weight excluding hydrogens is 322 g/mol. The molecule has 110 valence electrons. The van der Waals surface area contributed by atoms with Crippen molar-refractivity contribution < 1.29 is 0 Å². The zero-order valence-corrected chi connectivity index (χ0v) is 14.0. The normalized spacial score (nSPS) is 22.0. The van der Waals surface area contributed by atoms with Gasteiger partial charge in [-0.15, -0.1) is 0 Å². The number of hydrogen-bond donors (Lipinski definition) is 1. The van der Waals surface area contributed by atoms with Gasteiger partial charge in [0.1, 0.15) is 0 Å². The highest BCUT2D eigenvalue weighted by atomic mass is 79.9. The average Bonchev–Trinajstić information content (AvgIpc) is 3.29. The van der Waals surface area contributed by atoms with Crippen molar-refractivity contribution in [2.24, 2.45) is 5.92 Å². The Balaban J connectivity index is 1.78. The van der Waals surface area contributed by atoms with Gasteiger partial charge in [0, 0.05) is 10.5 Å². The van der Waals surface area contributed by atoms with Crippen LogP contribution in [0.2, 0.25) is 0 Å². The predicted molar refractivity (Wildman–Crippen MR) is 92.5 cm³/mol. The van der Waals surface area contributed by atoms with Crippen LogP contribution in [0.4, 0.5) is 0 Å². The van der Waals surface area contributed by atoms with E-state index in [-0.39, 0.29) is 0 Å². The Morgan fingerprint density at radius 2 is 1.95 bits per heavy atom. The molecule has 3 rings (SSSR count). The van der Waals surface area contributed by atoms with Crippen molar-refractivity contribution in [3.8, 4) is 0 Å². The van der Waals surface area contributed by atoms with Crippen molar-refractivity contribution in [1.29, 1.82) is 0 Å². The predicted octanol–water partition coefficient (Wildman–Crippen LogP) is 5.29. The third-order valence-electron chi connectivity index (χ3n) is 4.32. The van der Waals surface area contributed by atoms with Crippen molar-refractivity contribution >= 4 is 15.9 Å². The van der Waals surface area contributed by atoms with E-state index in [0.717, 1.165) is 6.54 Å². The highest BCUT2D eigenvalue weighted by Crippen LogP contribution is 2.54. The second kappa shape index (κ2) is 6.76. The van der Waals surface area contributed by atoms with Gasteiger partial charge in [-0.25, -0.2) is 0 Å². The maximum atomic E-state index is 3.75. The topological polar surface area (TPSA) is 12.0 Å². The highest BCUT2D eigenvalue weighted by Gasteiger charge is 2.44. The molecular formula is C19H22BrN. The maximum absolute atomic E-state index is 3.75. The van der Waals surface area contributed by atoms with E-state index >= 15 is 0 Å². The van der Waals surface area contributed by atoms with E-state index in [4.69, 9.17) is 0 Å². The summed E-state index contributed by atoms with van der Waals surface area (Å²) >= 11 is 3.60. The van der Waals surface area contributed by atoms with Gasteiger partial charge >= 0.3 is 0 Å². The fraction of sp³-hybridized carbons (Fsp3) is 0.368. The van der Waals surface area contributed by atoms with Crippen molar-refractivity contribution in [2.45, 2.75) is 31.7 Å². The van der Waals surface area contributed by atoms with Gasteiger partial charge in [0.05, 0.1) is 0 Å². The average molecular weight is 344 g/mol. The van der Waals surface area contributed by atoms with Gasteiger partial charge < -0.3 is 5.32 Å². The van der Waals surface area contributed by atoms with Crippen molar-refractivity contribution in [2.75, 3.05) is 6.54 Å². The number of halogens is 1. The molecule has 0 spiro atoms. The molecule has 1 N–H and O–H groups in total. The molecule has 2 heteroatoms. The van der Waals surface area contributed by atoms with Gasteiger partial charge in [0.25, 0.3) is 0 Å². The summed E-state index contributed by atoms with van der Waals surface area (Å²) in [5.41, 5.74) is 2.89. The summed E-state index contributed by atoms with van der Waals surface area (Å²) in [6.07, 6.45) is 2.46. The first-order valence-electron chi connectivity index (χ1n) is 7.83. The molecule has 2 aromatic carbocycles. The van der Waals surface area contributed by atoms with E-state index in [1.165, 1.54) is 28.4 Å². The molecule has 2 aromatic rings. The van der Waals surface area contributed by atoms with Crippen LogP contribution < -0.4 is 5.32 Å². The first kappa shape index (κ1) is 14.8. The number of nitrogens with one attached hydrogen (secondary N) is 1. The second-order valence-corrected chi connectivity index (χ2v) is 6.82. The molecule has 3 atom stereocenters. The molecule has 0 radical (unpaired) electrons. The van der Waals surface area contributed by atoms with Crippen LogP contribution in [-0.2, 0) is 0 Å². The lowest BCUT2D eigenvalue weighted by Gasteiger charge is -2.20. The van der Waals surface area contributed by atoms with Gasteiger partial charge in [0.15, 0.2) is 0 Å². The molecule has 0 bridgehead atoms. The fourth-order valence-corrected chi connectivity index (χ4v) is 3.60. The van der Waals surface area contributed by atoms with Crippen molar-refractivity contribution in [3.63, 3.8) is 0 Å². The molecule has 1 nitrogen and oxygen atoms in total. The second-order valence-electron chi connectivity index (χ2n) is 5.90. The number of rotatable bonds is 6. The lowest BCUT2D eigenvalue weighted by Crippen LogP contribution is -2.24. The summed E-state index contributed by atoms with van der Waals surface area (Å²) in [6, 6.07) is 20.1. The Morgan fingerprint density at radius 1 is 1.14 bits per heavy atom. The van der Waals surface area contributed by atoms with Crippen LogP contribution in [0.1, 0.15) is 42.9 Å². The Bertz CT molecular complexity index is 581. The Morgan fingerprint density at radius 3 is 2.67 bits per heavy atom. The number of hydrogen-bond acceptors (Lipinski definition) is 1. The minimum Gasteiger partial charge on any atom is -0.310 e. The summed E-state index contributed by atoms with van der Waals surface area (Å²) in [7, 11) is 0. The van der Waals surface area contributed by atoms with Crippen LogP contribution in [-0.4, -0.2) is 6.54 Å². The van der Waals surface area contributed by atoms with Gasteiger partial charge in [0.2, 0.25) is 0 Å². The van der Waals surface area contributed by atoms with Crippen LogP contribution in [0.3, 0.4) is 0 Å². The van der Waals surface area contributed by atoms with Crippen LogP contribution >= 0.6 is 15.9 Å². The van der Waals surface area contributed by atoms with Gasteiger partial charge in [-0.3, -0.25) is 0 Å². The standard InChI is InChI=1S/C19H22BrN/c1-2-11-21-19(15-9-6-10-16(20)12-15)18-13-17(18)14-7-4-3-5-8-14/h3-10,12,17-19,21H,2,11,13H2,1H3. The van der Waals surface area contributed by atoms with E-state index in [1.807, 2.05) is 0 Å². The van der Waals surface area contributed by atoms with E-state index in [1.54, 1.807) is 0 Å². The van der Waals surface area contributed by atoms with Crippen LogP contribution in [0.25, 0.3) is 0 Å². The van der Waals surface area contributed by atoms with Crippen LogP contribution in [0.5, 0.6) is 0 Å². The summed E-state index contributed by atoms with van der Waals surface area (Å²) in [5.74, 6) is 1.42. The fourth-order valence-electron chi connectivity index (χ4n) is 3.18. The third-order valence-corrected chi connectivity index (χ3v) is 4.81. The Hall–Kier alpha value is -1.12. The van der Waals surface area contributed by atoms with E-state index in [9.17, 15) is 0 Å². The minimum absolute atomic E-state index is 0.465. The molecule has 0 aliphatic heterocycles. The van der Waals surface area contributed by atoms with E-state index in [2.05, 4.69) is 82.8 Å². The quantitative estimate of drug-likeness (QED) is 0.750. The summed E-state index contributed by atoms with van der Waals surface area (Å²) < 4.78 is 1.17. The van der Waals surface area contributed by atoms with E-state index in [0.29, 0.717) is 17.9 Å². The number of benzene rings is 2. The van der Waals surface area contributed by atoms with Crippen LogP contribution in [0, 0.1) is 5.92 Å². The van der Waals surface area contributed by atoms with Gasteiger partial charge in [-0.05, 0) is 54.5 Å². The lowest BCUT2D eigenvalue weighted by atomic mass is 9.98. The van der Waals surface area contributed by atoms with Crippen molar-refractivity contribution in [3.05, 3.63) is 70.2 Å². The molecule has 1 saturated carbocycles. The minimum atomic E-state index is 0.465. The molecule has 1 fully saturated rings. The molecule has 0 amide bonds. The summed E-state index contributed by atoms with van der Waals surface area (Å²) in [4.78, 5) is 0. The summed E-state index contributed by atoms with van der Waals surface area (Å²) in [5, 5.41) is 3.75. The van der Waals surface area contributed by atoms with Crippen LogP contribution in [0.15, 0.2) is 59.1 Å². The maximum Gasteiger partial charge on any atom is 0.0355 e. The molecule has 3 unspecified atom stereocenters. The highest BCUT2D eigenvalue weighted by molar-refractivity contribution is 9.10. The Labute approximate surface area is 135 Å². The van der Waals surface area contributed by atoms with Gasteiger partial charge in [-0.1, -0.05) is 65.3 Å². The van der Waals surface area contributed by atoms with Gasteiger partial charge in [-0.2, -0.15) is 0 Å². The van der Waals surface area contributed by atoms with Crippen molar-refractivity contribution in [1.82, 2.24) is 5.32 Å². The van der Waals surface area contributed by atoms with E-state index < -0.39 is 0 Å². The lowest BCUT2D eigenvalue weighted by molar-refractivity contribution is 0.473. The molecule has 0 saturated heterocycles. The molecule has 21 heavy (non-hydrogen) atoms. The largest absolute Gasteiger partial charge is 0.310 e. The molecule has 0 aromatic heterocycles. The first-order valence-corrected chi connectivity index (χ1v) is 8.62. The molecule has 1 aliphatic rings.